The van der Waals surface area contributed by atoms with E-state index in [0.29, 0.717) is 26.9 Å². The van der Waals surface area contributed by atoms with Gasteiger partial charge in [-0.2, -0.15) is 5.10 Å². The number of hydrogen-bond acceptors (Lipinski definition) is 4. The molecule has 0 N–H and O–H groups in total. The number of nitrogens with zero attached hydrogens (tertiary/aromatic N) is 2. The van der Waals surface area contributed by atoms with Gasteiger partial charge in [0, 0.05) is 29.8 Å². The quantitative estimate of drug-likeness (QED) is 0.366. The molecule has 0 radical (unpaired) electrons. The molecule has 0 aliphatic rings. The number of ketones is 1. The molecule has 0 saturated carbocycles. The average molecular weight is 483 g/mol. The number of aromatic nitrogens is 2. The molecular formula is C22H18Cl2F2N2O2S. The topological polar surface area (TPSA) is 52.0 Å². The summed E-state index contributed by atoms with van der Waals surface area (Å²) in [6, 6.07) is 9.59. The smallest absolute Gasteiger partial charge is 0.270 e. The number of carbonyl (C=O) groups is 2. The number of thioether (sulfide) groups is 1. The molecule has 0 bridgehead atoms. The number of Topliss-reactive ketones (excluding diaryl/α,β-unsaturated/α-hetero) is 1. The van der Waals surface area contributed by atoms with E-state index in [4.69, 9.17) is 23.2 Å². The number of rotatable bonds is 6. The van der Waals surface area contributed by atoms with Crippen LogP contribution in [0.2, 0.25) is 10.2 Å². The van der Waals surface area contributed by atoms with E-state index in [1.54, 1.807) is 41.1 Å². The van der Waals surface area contributed by atoms with Gasteiger partial charge in [-0.3, -0.25) is 14.3 Å². The Morgan fingerprint density at radius 2 is 1.87 bits per heavy atom. The van der Waals surface area contributed by atoms with Crippen LogP contribution in [-0.2, 0) is 22.1 Å². The lowest BCUT2D eigenvalue weighted by atomic mass is 10.0. The normalized spacial score (nSPS) is 12.4. The van der Waals surface area contributed by atoms with Crippen LogP contribution in [0.15, 0.2) is 41.3 Å². The lowest BCUT2D eigenvalue weighted by Crippen LogP contribution is -2.13. The van der Waals surface area contributed by atoms with Crippen molar-refractivity contribution >= 4 is 62.8 Å². The van der Waals surface area contributed by atoms with E-state index in [2.05, 4.69) is 5.10 Å². The lowest BCUT2D eigenvalue weighted by Gasteiger charge is -2.16. The Labute approximate surface area is 192 Å². The second kappa shape index (κ2) is 9.10. The predicted octanol–water partition coefficient (Wildman–Crippen LogP) is 6.71. The number of hydrogen-bond donors (Lipinski definition) is 0. The third-order valence-electron chi connectivity index (χ3n) is 4.49. The van der Waals surface area contributed by atoms with E-state index in [9.17, 15) is 18.4 Å². The van der Waals surface area contributed by atoms with Gasteiger partial charge in [-0.1, -0.05) is 35.3 Å². The van der Waals surface area contributed by atoms with Crippen molar-refractivity contribution < 1.29 is 18.4 Å². The molecule has 31 heavy (non-hydrogen) atoms. The maximum Gasteiger partial charge on any atom is 0.270 e. The highest BCUT2D eigenvalue weighted by molar-refractivity contribution is 8.17. The first-order valence-corrected chi connectivity index (χ1v) is 10.8. The van der Waals surface area contributed by atoms with Gasteiger partial charge in [-0.05, 0) is 60.2 Å². The molecule has 9 heteroatoms. The van der Waals surface area contributed by atoms with Crippen molar-refractivity contribution in [2.75, 3.05) is 0 Å². The van der Waals surface area contributed by atoms with E-state index in [0.717, 1.165) is 18.7 Å². The summed E-state index contributed by atoms with van der Waals surface area (Å²) in [6.07, 6.45) is 1.61. The molecule has 3 rings (SSSR count). The molecule has 4 nitrogen and oxygen atoms in total. The van der Waals surface area contributed by atoms with Crippen LogP contribution in [0.5, 0.6) is 0 Å². The number of benzene rings is 2. The average Bonchev–Trinajstić information content (AvgIpc) is 2.96. The number of carbonyl (C=O) groups excluding carboxylic acids is 2. The number of fused-ring (bicyclic) bond motifs is 1. The highest BCUT2D eigenvalue weighted by Crippen LogP contribution is 2.34. The van der Waals surface area contributed by atoms with Crippen molar-refractivity contribution in [3.8, 4) is 0 Å². The summed E-state index contributed by atoms with van der Waals surface area (Å²) >= 11 is 13.1. The first kappa shape index (κ1) is 23.4. The molecule has 1 heterocycles. The van der Waals surface area contributed by atoms with Gasteiger partial charge in [-0.25, -0.2) is 8.78 Å². The van der Waals surface area contributed by atoms with Gasteiger partial charge in [0.05, 0.1) is 17.0 Å². The maximum atomic E-state index is 14.1. The molecule has 0 spiro atoms. The molecular weight excluding hydrogens is 465 g/mol. The molecule has 3 aromatic rings. The minimum absolute atomic E-state index is 0.0766. The van der Waals surface area contributed by atoms with Crippen molar-refractivity contribution in [3.05, 3.63) is 68.2 Å². The molecule has 0 atom stereocenters. The van der Waals surface area contributed by atoms with Crippen LogP contribution in [-0.4, -0.2) is 20.7 Å². The highest BCUT2D eigenvalue weighted by Gasteiger charge is 2.28. The summed E-state index contributed by atoms with van der Waals surface area (Å²) in [4.78, 5) is 23.5. The van der Waals surface area contributed by atoms with E-state index in [1.807, 2.05) is 0 Å². The number of allylic oxidation sites excluding steroid dienone is 1. The summed E-state index contributed by atoms with van der Waals surface area (Å²) in [6.45, 7) is 3.67. The van der Waals surface area contributed by atoms with Crippen molar-refractivity contribution in [2.24, 2.45) is 0 Å². The fraction of sp³-hybridized carbons (Fsp3) is 0.227. The van der Waals surface area contributed by atoms with E-state index >= 15 is 0 Å². The summed E-state index contributed by atoms with van der Waals surface area (Å²) in [5.74, 6) is -3.29. The number of alkyl halides is 2. The zero-order valence-electron chi connectivity index (χ0n) is 16.9. The Morgan fingerprint density at radius 1 is 1.16 bits per heavy atom. The Bertz CT molecular complexity index is 1220. The zero-order chi connectivity index (χ0) is 22.9. The third kappa shape index (κ3) is 5.53. The van der Waals surface area contributed by atoms with E-state index in [-0.39, 0.29) is 33.2 Å². The Morgan fingerprint density at radius 3 is 2.48 bits per heavy atom. The maximum absolute atomic E-state index is 14.1. The van der Waals surface area contributed by atoms with Gasteiger partial charge in [0.1, 0.15) is 0 Å². The van der Waals surface area contributed by atoms with Gasteiger partial charge < -0.3 is 0 Å². The fourth-order valence-electron chi connectivity index (χ4n) is 3.13. The molecule has 0 unspecified atom stereocenters. The summed E-state index contributed by atoms with van der Waals surface area (Å²) in [5, 5.41) is 5.13. The highest BCUT2D eigenvalue weighted by atomic mass is 35.5. The van der Waals surface area contributed by atoms with E-state index in [1.165, 1.54) is 19.9 Å². The van der Waals surface area contributed by atoms with Crippen LogP contribution in [0, 0.1) is 0 Å². The molecule has 0 amide bonds. The van der Waals surface area contributed by atoms with Crippen LogP contribution >= 0.6 is 35.0 Å². The second-order valence-corrected chi connectivity index (χ2v) is 9.09. The minimum atomic E-state index is -3.07. The molecule has 1 aromatic heterocycles. The summed E-state index contributed by atoms with van der Waals surface area (Å²) in [5.41, 5.74) is 1.51. The fourth-order valence-corrected chi connectivity index (χ4v) is 4.20. The van der Waals surface area contributed by atoms with Gasteiger partial charge >= 0.3 is 0 Å². The van der Waals surface area contributed by atoms with Crippen LogP contribution < -0.4 is 0 Å². The zero-order valence-corrected chi connectivity index (χ0v) is 19.2. The number of halogens is 4. The molecule has 0 aliphatic heterocycles. The van der Waals surface area contributed by atoms with Gasteiger partial charge in [-0.15, -0.1) is 0 Å². The third-order valence-corrected chi connectivity index (χ3v) is 5.92. The van der Waals surface area contributed by atoms with Crippen molar-refractivity contribution in [1.29, 1.82) is 0 Å². The Hall–Kier alpha value is -2.22. The minimum Gasteiger partial charge on any atom is -0.294 e. The molecule has 162 valence electrons. The van der Waals surface area contributed by atoms with Crippen molar-refractivity contribution in [3.63, 3.8) is 0 Å². The van der Waals surface area contributed by atoms with Crippen LogP contribution in [0.1, 0.15) is 37.5 Å². The van der Waals surface area contributed by atoms with Crippen LogP contribution in [0.3, 0.4) is 0 Å². The second-order valence-electron chi connectivity index (χ2n) is 7.07. The lowest BCUT2D eigenvalue weighted by molar-refractivity contribution is -0.113. The summed E-state index contributed by atoms with van der Waals surface area (Å²) in [7, 11) is 0. The first-order valence-electron chi connectivity index (χ1n) is 9.19. The van der Waals surface area contributed by atoms with Crippen LogP contribution in [0.25, 0.3) is 17.0 Å². The van der Waals surface area contributed by atoms with Gasteiger partial charge in [0.15, 0.2) is 16.1 Å². The van der Waals surface area contributed by atoms with Gasteiger partial charge in [0.25, 0.3) is 5.92 Å². The van der Waals surface area contributed by atoms with Crippen LogP contribution in [0.4, 0.5) is 8.78 Å². The standard InChI is InChI=1S/C22H18Cl2F2N2O2S/c1-12(29)20(31-13(2)30)9-14-4-7-19-17(8-14)21(24)27-28(19)11-15-5-6-16(23)10-18(15)22(3,25)26/h4-10H,11H2,1-3H3/b20-9-. The predicted molar refractivity (Wildman–Crippen MR) is 122 cm³/mol. The van der Waals surface area contributed by atoms with Crippen molar-refractivity contribution in [1.82, 2.24) is 9.78 Å². The van der Waals surface area contributed by atoms with Crippen molar-refractivity contribution in [2.45, 2.75) is 33.2 Å². The molecule has 0 saturated heterocycles. The summed E-state index contributed by atoms with van der Waals surface area (Å²) < 4.78 is 29.7. The SMILES string of the molecule is CC(=O)S/C(=C\c1ccc2c(c1)c(Cl)nn2Cc1ccc(Cl)cc1C(C)(F)F)C(C)=O. The van der Waals surface area contributed by atoms with E-state index < -0.39 is 5.92 Å². The van der Waals surface area contributed by atoms with Gasteiger partial charge in [0.2, 0.25) is 0 Å². The Balaban J connectivity index is 2.03. The largest absolute Gasteiger partial charge is 0.294 e. The molecule has 0 aliphatic carbocycles. The first-order chi connectivity index (χ1) is 14.5. The molecule has 0 fully saturated rings. The monoisotopic (exact) mass is 482 g/mol. The Kier molecular flexibility index (Phi) is 6.88. The molecule has 2 aromatic carbocycles.